The predicted molar refractivity (Wildman–Crippen MR) is 122 cm³/mol. The number of methoxy groups -OCH3 is 2. The Morgan fingerprint density at radius 1 is 1.06 bits per heavy atom. The largest absolute Gasteiger partial charge is 0.493 e. The van der Waals surface area contributed by atoms with E-state index >= 15 is 0 Å². The van der Waals surface area contributed by atoms with Crippen molar-refractivity contribution in [3.8, 4) is 17.2 Å². The van der Waals surface area contributed by atoms with E-state index in [1.165, 1.54) is 4.31 Å². The molecule has 0 spiro atoms. The van der Waals surface area contributed by atoms with E-state index in [2.05, 4.69) is 5.32 Å². The smallest absolute Gasteiger partial charge is 0.251 e. The molecule has 0 fully saturated rings. The van der Waals surface area contributed by atoms with Gasteiger partial charge in [-0.15, -0.1) is 0 Å². The van der Waals surface area contributed by atoms with Crippen molar-refractivity contribution in [3.63, 3.8) is 0 Å². The summed E-state index contributed by atoms with van der Waals surface area (Å²) in [7, 11) is -0.407. The molecule has 0 unspecified atom stereocenters. The molecule has 0 atom stereocenters. The topological polar surface area (TPSA) is 94.2 Å². The minimum Gasteiger partial charge on any atom is -0.493 e. The molecular weight excluding hydrogens is 432 g/mol. The summed E-state index contributed by atoms with van der Waals surface area (Å²) >= 11 is 0. The SMILES string of the molecule is COc1cc2c(cc1OC)CN(S(=O)(=O)CCNC(=O)c1ccc(OC(C)C)cc1)CC2. The maximum absolute atomic E-state index is 12.8. The van der Waals surface area contributed by atoms with Gasteiger partial charge in [-0.1, -0.05) is 0 Å². The molecule has 0 saturated carbocycles. The van der Waals surface area contributed by atoms with E-state index in [0.29, 0.717) is 35.8 Å². The van der Waals surface area contributed by atoms with Crippen LogP contribution in [0.15, 0.2) is 36.4 Å². The second-order valence-corrected chi connectivity index (χ2v) is 9.91. The summed E-state index contributed by atoms with van der Waals surface area (Å²) in [5.41, 5.74) is 2.39. The molecule has 0 bridgehead atoms. The lowest BCUT2D eigenvalue weighted by Gasteiger charge is -2.29. The van der Waals surface area contributed by atoms with Crippen molar-refractivity contribution in [1.29, 1.82) is 0 Å². The molecule has 1 aliphatic rings. The average molecular weight is 463 g/mol. The van der Waals surface area contributed by atoms with Gasteiger partial charge in [-0.3, -0.25) is 4.79 Å². The number of hydrogen-bond donors (Lipinski definition) is 1. The van der Waals surface area contributed by atoms with Crippen LogP contribution in [0, 0.1) is 0 Å². The first-order chi connectivity index (χ1) is 15.2. The number of rotatable bonds is 9. The highest BCUT2D eigenvalue weighted by atomic mass is 32.2. The second-order valence-electron chi connectivity index (χ2n) is 7.82. The first kappa shape index (κ1) is 23.9. The van der Waals surface area contributed by atoms with Gasteiger partial charge in [0.15, 0.2) is 11.5 Å². The number of fused-ring (bicyclic) bond motifs is 1. The van der Waals surface area contributed by atoms with Crippen LogP contribution in [0.25, 0.3) is 0 Å². The van der Waals surface area contributed by atoms with Gasteiger partial charge < -0.3 is 19.5 Å². The normalized spacial score (nSPS) is 14.0. The lowest BCUT2D eigenvalue weighted by molar-refractivity contribution is 0.0956. The molecule has 0 saturated heterocycles. The van der Waals surface area contributed by atoms with Crippen LogP contribution >= 0.6 is 0 Å². The van der Waals surface area contributed by atoms with Crippen molar-refractivity contribution >= 4 is 15.9 Å². The Labute approximate surface area is 189 Å². The van der Waals surface area contributed by atoms with Gasteiger partial charge in [-0.25, -0.2) is 8.42 Å². The molecule has 174 valence electrons. The minimum atomic E-state index is -3.53. The van der Waals surface area contributed by atoms with Gasteiger partial charge >= 0.3 is 0 Å². The maximum Gasteiger partial charge on any atom is 0.251 e. The lowest BCUT2D eigenvalue weighted by atomic mass is 10.0. The molecule has 0 radical (unpaired) electrons. The van der Waals surface area contributed by atoms with E-state index in [0.717, 1.165) is 11.1 Å². The highest BCUT2D eigenvalue weighted by Gasteiger charge is 2.27. The van der Waals surface area contributed by atoms with Crippen LogP contribution in [0.2, 0.25) is 0 Å². The number of ether oxygens (including phenoxy) is 3. The van der Waals surface area contributed by atoms with Crippen LogP contribution < -0.4 is 19.5 Å². The van der Waals surface area contributed by atoms with E-state index < -0.39 is 10.0 Å². The summed E-state index contributed by atoms with van der Waals surface area (Å²) in [6.07, 6.45) is 0.635. The Morgan fingerprint density at radius 2 is 1.69 bits per heavy atom. The number of hydrogen-bond acceptors (Lipinski definition) is 6. The molecular formula is C23H30N2O6S. The lowest BCUT2D eigenvalue weighted by Crippen LogP contribution is -2.40. The standard InChI is InChI=1S/C23H30N2O6S/c1-16(2)31-20-7-5-17(6-8-20)23(26)24-10-12-32(27,28)25-11-9-18-13-21(29-3)22(30-4)14-19(18)15-25/h5-8,13-14,16H,9-12,15H2,1-4H3,(H,24,26). The van der Waals surface area contributed by atoms with Crippen molar-refractivity contribution in [2.24, 2.45) is 0 Å². The summed E-state index contributed by atoms with van der Waals surface area (Å²) in [5.74, 6) is 1.39. The number of nitrogens with one attached hydrogen (secondary N) is 1. The third-order valence-corrected chi connectivity index (χ3v) is 7.03. The quantitative estimate of drug-likeness (QED) is 0.616. The average Bonchev–Trinajstić information content (AvgIpc) is 2.77. The highest BCUT2D eigenvalue weighted by Crippen LogP contribution is 2.33. The summed E-state index contributed by atoms with van der Waals surface area (Å²) in [6.45, 7) is 4.53. The van der Waals surface area contributed by atoms with Gasteiger partial charge in [0.25, 0.3) is 5.91 Å². The van der Waals surface area contributed by atoms with Crippen LogP contribution in [-0.2, 0) is 23.0 Å². The number of carbonyl (C=O) groups is 1. The number of nitrogens with zero attached hydrogens (tertiary/aromatic N) is 1. The fourth-order valence-corrected chi connectivity index (χ4v) is 4.90. The number of amides is 1. The summed E-state index contributed by atoms with van der Waals surface area (Å²) in [5, 5.41) is 2.68. The molecule has 2 aromatic carbocycles. The molecule has 8 nitrogen and oxygen atoms in total. The van der Waals surface area contributed by atoms with Gasteiger partial charge in [0.05, 0.1) is 26.1 Å². The van der Waals surface area contributed by atoms with Crippen LogP contribution in [0.1, 0.15) is 35.3 Å². The molecule has 3 rings (SSSR count). The van der Waals surface area contributed by atoms with Crippen LogP contribution in [-0.4, -0.2) is 57.8 Å². The molecule has 1 amide bonds. The van der Waals surface area contributed by atoms with E-state index in [9.17, 15) is 13.2 Å². The number of benzene rings is 2. The monoisotopic (exact) mass is 462 g/mol. The summed E-state index contributed by atoms with van der Waals surface area (Å²) in [4.78, 5) is 12.3. The predicted octanol–water partition coefficient (Wildman–Crippen LogP) is 2.61. The van der Waals surface area contributed by atoms with Gasteiger partial charge in [0.2, 0.25) is 10.0 Å². The van der Waals surface area contributed by atoms with E-state index in [4.69, 9.17) is 14.2 Å². The molecule has 1 aliphatic heterocycles. The Kier molecular flexibility index (Phi) is 7.63. The molecule has 0 aliphatic carbocycles. The fourth-order valence-electron chi connectivity index (χ4n) is 3.58. The fraction of sp³-hybridized carbons (Fsp3) is 0.435. The van der Waals surface area contributed by atoms with Crippen LogP contribution in [0.3, 0.4) is 0 Å². The van der Waals surface area contributed by atoms with E-state index in [-0.39, 0.29) is 30.9 Å². The molecule has 32 heavy (non-hydrogen) atoms. The van der Waals surface area contributed by atoms with Crippen molar-refractivity contribution in [2.45, 2.75) is 32.9 Å². The Balaban J connectivity index is 1.57. The first-order valence-corrected chi connectivity index (χ1v) is 12.1. The third kappa shape index (κ3) is 5.72. The van der Waals surface area contributed by atoms with Crippen molar-refractivity contribution < 1.29 is 27.4 Å². The van der Waals surface area contributed by atoms with Gasteiger partial charge in [-0.2, -0.15) is 4.31 Å². The first-order valence-electron chi connectivity index (χ1n) is 10.5. The van der Waals surface area contributed by atoms with Crippen LogP contribution in [0.5, 0.6) is 17.2 Å². The molecule has 1 N–H and O–H groups in total. The van der Waals surface area contributed by atoms with Crippen molar-refractivity contribution in [3.05, 3.63) is 53.1 Å². The van der Waals surface area contributed by atoms with Crippen LogP contribution in [0.4, 0.5) is 0 Å². The zero-order valence-electron chi connectivity index (χ0n) is 18.9. The second kappa shape index (κ2) is 10.2. The molecule has 2 aromatic rings. The van der Waals surface area contributed by atoms with Gasteiger partial charge in [0, 0.05) is 25.2 Å². The minimum absolute atomic E-state index is 0.0285. The summed E-state index contributed by atoms with van der Waals surface area (Å²) < 4.78 is 43.4. The Bertz CT molecular complexity index is 1050. The third-order valence-electron chi connectivity index (χ3n) is 5.21. The summed E-state index contributed by atoms with van der Waals surface area (Å²) in [6, 6.07) is 10.5. The maximum atomic E-state index is 12.8. The van der Waals surface area contributed by atoms with Crippen molar-refractivity contribution in [1.82, 2.24) is 9.62 Å². The molecule has 0 aromatic heterocycles. The number of sulfonamides is 1. The van der Waals surface area contributed by atoms with Gasteiger partial charge in [0.1, 0.15) is 5.75 Å². The van der Waals surface area contributed by atoms with Crippen molar-refractivity contribution in [2.75, 3.05) is 33.1 Å². The van der Waals surface area contributed by atoms with E-state index in [1.54, 1.807) is 38.5 Å². The Morgan fingerprint density at radius 3 is 2.28 bits per heavy atom. The molecule has 9 heteroatoms. The van der Waals surface area contributed by atoms with E-state index in [1.807, 2.05) is 26.0 Å². The number of carbonyl (C=O) groups excluding carboxylic acids is 1. The van der Waals surface area contributed by atoms with Gasteiger partial charge in [-0.05, 0) is 67.8 Å². The zero-order chi connectivity index (χ0) is 23.3. The molecule has 1 heterocycles. The highest BCUT2D eigenvalue weighted by molar-refractivity contribution is 7.89. The zero-order valence-corrected chi connectivity index (χ0v) is 19.7. The Hall–Kier alpha value is -2.78.